The third kappa shape index (κ3) is 24.9. The van der Waals surface area contributed by atoms with Crippen LogP contribution in [-0.4, -0.2) is 180 Å². The number of methoxy groups -OCH3 is 4. The quantitative estimate of drug-likeness (QED) is 0.0305. The van der Waals surface area contributed by atoms with E-state index in [4.69, 9.17) is 39.1 Å². The van der Waals surface area contributed by atoms with Gasteiger partial charge in [0.05, 0.1) is 109 Å². The van der Waals surface area contributed by atoms with Crippen molar-refractivity contribution in [2.45, 2.75) is 52.1 Å². The zero-order valence-corrected chi connectivity index (χ0v) is 85.6. The van der Waals surface area contributed by atoms with E-state index >= 15 is 0 Å². The first-order chi connectivity index (χ1) is 68.4. The van der Waals surface area contributed by atoms with Crippen LogP contribution in [0.4, 0.5) is 25.7 Å². The maximum atomic E-state index is 12.6. The third-order valence-electron chi connectivity index (χ3n) is 21.4. The van der Waals surface area contributed by atoms with Gasteiger partial charge < -0.3 is 39.1 Å². The molecule has 1 fully saturated rings. The molecule has 722 valence electrons. The number of nitrogen functional groups attached to an aromatic ring is 1. The number of nitrogens with two attached hydrogens (primary N) is 1. The van der Waals surface area contributed by atoms with Gasteiger partial charge in [-0.05, 0) is 131 Å². The number of rotatable bonds is 20. The van der Waals surface area contributed by atoms with E-state index in [2.05, 4.69) is 128 Å². The van der Waals surface area contributed by atoms with Gasteiger partial charge in [-0.25, -0.2) is 44.7 Å². The molecular formula is C97H90BBr2N25O12S5. The number of nitrogens with zero attached hydrogens (tertiary/aromatic N) is 20. The van der Waals surface area contributed by atoms with E-state index < -0.39 is 5.97 Å². The SMILES string of the molecule is COCc1ccc(C(=O)Nc2nc3c(OC)ncc(-c4cnn(C)c4)c3s2)cc1.COCc1ccc(C(=O)O)cc1.COc1ncc(-c2cnn(C)c2)c2sc(N)nc12.Cn1cc(-c2cnc(Br)c3nc(NC(=O)c4ccccc4)sc23)cn1.Cn1cc(-c2cncc3nc(NC(=O)c4ccccc4)sc23)cn1.Cn1cc(B2OC(C)(C)C(C)(C)O2)cn1.O=C(Nc1nc2cncc(Br)c2s1)c1ccccc1. The lowest BCUT2D eigenvalue weighted by atomic mass is 9.82. The average Bonchev–Trinajstić information content (AvgIpc) is 1.65. The first-order valence-electron chi connectivity index (χ1n) is 43.0. The number of fused-ring (bicyclic) bond motifs is 5. The molecule has 0 saturated carbocycles. The second-order valence-electron chi connectivity index (χ2n) is 32.1. The van der Waals surface area contributed by atoms with Gasteiger partial charge in [0, 0.05) is 190 Å². The number of aromatic carboxylic acids is 1. The minimum absolute atomic E-state index is 0.163. The lowest BCUT2D eigenvalue weighted by Gasteiger charge is -2.32. The molecule has 0 unspecified atom stereocenters. The summed E-state index contributed by atoms with van der Waals surface area (Å²) in [5.74, 6) is -0.762. The van der Waals surface area contributed by atoms with Crippen molar-refractivity contribution in [3.8, 4) is 56.3 Å². The number of anilines is 5. The van der Waals surface area contributed by atoms with Gasteiger partial charge in [0.1, 0.15) is 32.2 Å². The number of carbonyl (C=O) groups is 5. The number of hydrogen-bond donors (Lipinski definition) is 6. The molecule has 16 heterocycles. The molecule has 0 atom stereocenters. The number of hydrogen-bond acceptors (Lipinski definition) is 32. The monoisotopic (exact) mass is 2130 g/mol. The Balaban J connectivity index is 0.000000127. The number of aromatic nitrogens is 20. The van der Waals surface area contributed by atoms with E-state index in [0.717, 1.165) is 106 Å². The van der Waals surface area contributed by atoms with Crippen LogP contribution in [0.3, 0.4) is 0 Å². The Morgan fingerprint density at radius 3 is 1.13 bits per heavy atom. The highest BCUT2D eigenvalue weighted by atomic mass is 79.9. The molecule has 0 spiro atoms. The first kappa shape index (κ1) is 101. The Hall–Kier alpha value is -15.0. The van der Waals surface area contributed by atoms with E-state index in [0.29, 0.717) is 94.1 Å². The highest BCUT2D eigenvalue weighted by Gasteiger charge is 2.52. The fourth-order valence-corrected chi connectivity index (χ4v) is 19.5. The summed E-state index contributed by atoms with van der Waals surface area (Å²) in [6.45, 7) is 9.20. The summed E-state index contributed by atoms with van der Waals surface area (Å²) in [5, 5.41) is 43.5. The molecule has 1 aliphatic heterocycles. The van der Waals surface area contributed by atoms with E-state index in [9.17, 15) is 24.0 Å². The standard InChI is InChI=1S/C20H19N5O3S.C17H12BrN5OS.C17H13N5OS.C13H8BrN3OS.C11H11N5OS.C10H17BN2O2.C9H10O3/c1-25-10-14(8-22-25)15-9-21-19(28-3)16-17(15)29-20(23-16)24-18(26)13-6-4-12(5-7-13)11-27-2;1-23-9-11(7-20-23)12-8-19-15(18)13-14(12)25-17(21-13)22-16(24)10-5-3-2-4-6-10;1-22-10-12(7-19-22)13-8-18-9-14-15(13)24-17(20-14)21-16(23)11-5-3-2-4-6-11;14-9-6-15-7-10-11(9)19-13(16-10)17-12(18)8-4-2-1-3-5-8;1-16-5-6(3-14-16)7-4-13-10(17-2)8-9(7)18-11(12)15-8;1-9(2)10(3,4)15-11(14-9)8-6-12-13(5)7-8;1-12-6-7-2-4-8(5-3-7)9(10)11/h4-10H,11H2,1-3H3,(H,23,24,26);2-9H,1H3,(H,21,22,24);2-10H,1H3,(H,20,21,23);1-7H,(H,16,17,18);3-5H,1-2H3,(H2,12,15);6-7H,1-5H3;2-5H,6H2,1H3,(H,10,11). The number of benzene rings is 5. The van der Waals surface area contributed by atoms with Crippen molar-refractivity contribution in [3.63, 3.8) is 0 Å². The number of carboxylic acid groups (broad SMARTS) is 1. The van der Waals surface area contributed by atoms with Crippen LogP contribution in [0, 0.1) is 0 Å². The van der Waals surface area contributed by atoms with Crippen molar-refractivity contribution in [3.05, 3.63) is 293 Å². The van der Waals surface area contributed by atoms with Crippen LogP contribution in [0.15, 0.2) is 254 Å². The van der Waals surface area contributed by atoms with Crippen LogP contribution in [0.5, 0.6) is 11.8 Å². The molecule has 7 N–H and O–H groups in total. The molecule has 21 rings (SSSR count). The van der Waals surface area contributed by atoms with Crippen molar-refractivity contribution < 1.29 is 57.3 Å². The van der Waals surface area contributed by atoms with E-state index in [1.54, 1.807) is 199 Å². The minimum atomic E-state index is -0.904. The molecule has 5 aromatic carbocycles. The Morgan fingerprint density at radius 2 is 0.739 bits per heavy atom. The molecular weight excluding hydrogens is 2040 g/mol. The Bertz CT molecular complexity index is 7830. The average molecular weight is 2130 g/mol. The lowest BCUT2D eigenvalue weighted by molar-refractivity contribution is 0.00578. The van der Waals surface area contributed by atoms with E-state index in [1.165, 1.54) is 56.7 Å². The van der Waals surface area contributed by atoms with Crippen molar-refractivity contribution in [2.75, 3.05) is 55.4 Å². The Kier molecular flexibility index (Phi) is 32.8. The number of ether oxygens (including phenoxy) is 4. The van der Waals surface area contributed by atoms with Crippen LogP contribution in [0.25, 0.3) is 95.6 Å². The smallest absolute Gasteiger partial charge is 0.479 e. The predicted molar refractivity (Wildman–Crippen MR) is 560 cm³/mol. The highest BCUT2D eigenvalue weighted by Crippen LogP contribution is 2.43. The van der Waals surface area contributed by atoms with Crippen LogP contribution >= 0.6 is 88.5 Å². The summed E-state index contributed by atoms with van der Waals surface area (Å²) in [4.78, 5) is 103. The van der Waals surface area contributed by atoms with E-state index in [-0.39, 0.29) is 41.9 Å². The van der Waals surface area contributed by atoms with Gasteiger partial charge in [-0.1, -0.05) is 136 Å². The first-order valence-corrected chi connectivity index (χ1v) is 48.7. The fraction of sp³-hybridized carbons (Fsp3) is 0.175. The Labute approximate surface area is 849 Å². The molecule has 0 aliphatic carbocycles. The molecule has 45 heteroatoms. The highest BCUT2D eigenvalue weighted by molar-refractivity contribution is 9.11. The van der Waals surface area contributed by atoms with Crippen LogP contribution in [-0.2, 0) is 67.2 Å². The fourth-order valence-electron chi connectivity index (χ4n) is 13.7. The molecule has 142 heavy (non-hydrogen) atoms. The van der Waals surface area contributed by atoms with Gasteiger partial charge in [-0.3, -0.25) is 73.8 Å². The van der Waals surface area contributed by atoms with Gasteiger partial charge in [0.15, 0.2) is 25.7 Å². The number of nitrogens with one attached hydrogen (secondary N) is 4. The minimum Gasteiger partial charge on any atom is -0.479 e. The second-order valence-corrected chi connectivity index (χ2v) is 38.7. The van der Waals surface area contributed by atoms with Crippen molar-refractivity contribution >= 4 is 207 Å². The van der Waals surface area contributed by atoms with Gasteiger partial charge in [-0.2, -0.15) is 25.5 Å². The summed E-state index contributed by atoms with van der Waals surface area (Å²) < 4.78 is 47.2. The van der Waals surface area contributed by atoms with Crippen molar-refractivity contribution in [1.82, 2.24) is 98.7 Å². The summed E-state index contributed by atoms with van der Waals surface area (Å²) in [7, 11) is 15.4. The summed E-state index contributed by atoms with van der Waals surface area (Å²) >= 11 is 13.9. The van der Waals surface area contributed by atoms with Gasteiger partial charge in [0.25, 0.3) is 23.6 Å². The molecule has 4 amide bonds. The number of aryl methyl sites for hydroxylation is 5. The second kappa shape index (κ2) is 45.9. The molecule has 37 nitrogen and oxygen atoms in total. The molecule has 0 bridgehead atoms. The molecule has 15 aromatic heterocycles. The number of amides is 4. The summed E-state index contributed by atoms with van der Waals surface area (Å²) in [5.41, 5.74) is 21.9. The number of carboxylic acids is 1. The summed E-state index contributed by atoms with van der Waals surface area (Å²) in [6.07, 6.45) is 30.7. The third-order valence-corrected chi connectivity index (χ3v) is 27.9. The number of halogens is 2. The van der Waals surface area contributed by atoms with Crippen molar-refractivity contribution in [2.24, 2.45) is 35.2 Å². The maximum absolute atomic E-state index is 12.6. The van der Waals surface area contributed by atoms with Gasteiger partial charge in [0.2, 0.25) is 11.8 Å². The molecule has 1 saturated heterocycles. The van der Waals surface area contributed by atoms with Crippen LogP contribution < -0.4 is 41.9 Å². The Morgan fingerprint density at radius 1 is 0.394 bits per heavy atom. The molecule has 1 aliphatic rings. The molecule has 20 aromatic rings. The number of carbonyl (C=O) groups excluding carboxylic acids is 4. The van der Waals surface area contributed by atoms with Crippen LogP contribution in [0.1, 0.15) is 90.6 Å². The van der Waals surface area contributed by atoms with Gasteiger partial charge in [-0.15, -0.1) is 0 Å². The maximum Gasteiger partial charge on any atom is 0.498 e. The lowest BCUT2D eigenvalue weighted by Crippen LogP contribution is -2.41. The predicted octanol–water partition coefficient (Wildman–Crippen LogP) is 18.6. The largest absolute Gasteiger partial charge is 0.498 e. The van der Waals surface area contributed by atoms with E-state index in [1.807, 2.05) is 161 Å². The zero-order valence-electron chi connectivity index (χ0n) is 78.3. The topological polar surface area (TPSA) is 453 Å². The van der Waals surface area contributed by atoms with Crippen molar-refractivity contribution in [1.29, 1.82) is 0 Å². The van der Waals surface area contributed by atoms with Gasteiger partial charge >= 0.3 is 13.1 Å². The summed E-state index contributed by atoms with van der Waals surface area (Å²) in [6, 6.07) is 41.1. The number of pyridine rings is 5. The zero-order chi connectivity index (χ0) is 100. The normalized spacial score (nSPS) is 12.1. The molecule has 0 radical (unpaired) electrons. The van der Waals surface area contributed by atoms with Crippen LogP contribution in [0.2, 0.25) is 0 Å². The number of thiazole rings is 5.